The summed E-state index contributed by atoms with van der Waals surface area (Å²) in [7, 11) is -3.63. The van der Waals surface area contributed by atoms with Gasteiger partial charge in [-0.3, -0.25) is 4.72 Å². The molecular weight excluding hydrogens is 348 g/mol. The molecule has 136 valence electrons. The van der Waals surface area contributed by atoms with Gasteiger partial charge in [0, 0.05) is 0 Å². The molecule has 0 atom stereocenters. The number of nitrogens with one attached hydrogen (secondary N) is 1. The third-order valence-corrected chi connectivity index (χ3v) is 6.35. The fraction of sp³-hybridized carbons (Fsp3) is 0.368. The Labute approximate surface area is 153 Å². The fourth-order valence-corrected chi connectivity index (χ4v) is 4.67. The SMILES string of the molecule is Cc1nc2ccc(NS(=O)(=O)c3ccc(C4CCCCC4)cc3)cn2n1. The lowest BCUT2D eigenvalue weighted by molar-refractivity contribution is 0.443. The number of sulfonamides is 1. The van der Waals surface area contributed by atoms with E-state index in [1.807, 2.05) is 12.1 Å². The lowest BCUT2D eigenvalue weighted by atomic mass is 9.84. The van der Waals surface area contributed by atoms with Gasteiger partial charge in [0.25, 0.3) is 10.0 Å². The first-order chi connectivity index (χ1) is 12.5. The molecule has 1 fully saturated rings. The van der Waals surface area contributed by atoms with Gasteiger partial charge < -0.3 is 0 Å². The van der Waals surface area contributed by atoms with Crippen LogP contribution in [-0.4, -0.2) is 23.0 Å². The normalized spacial score (nSPS) is 16.0. The van der Waals surface area contributed by atoms with Crippen molar-refractivity contribution < 1.29 is 8.42 Å². The lowest BCUT2D eigenvalue weighted by Crippen LogP contribution is -2.13. The second kappa shape index (κ2) is 6.72. The van der Waals surface area contributed by atoms with Crippen molar-refractivity contribution in [2.75, 3.05) is 4.72 Å². The number of pyridine rings is 1. The number of rotatable bonds is 4. The summed E-state index contributed by atoms with van der Waals surface area (Å²) >= 11 is 0. The molecule has 0 saturated heterocycles. The average molecular weight is 370 g/mol. The highest BCUT2D eigenvalue weighted by atomic mass is 32.2. The molecule has 26 heavy (non-hydrogen) atoms. The second-order valence-corrected chi connectivity index (χ2v) is 8.57. The van der Waals surface area contributed by atoms with Crippen molar-refractivity contribution in [2.24, 2.45) is 0 Å². The zero-order valence-corrected chi connectivity index (χ0v) is 15.5. The van der Waals surface area contributed by atoms with Crippen LogP contribution < -0.4 is 4.72 Å². The van der Waals surface area contributed by atoms with Crippen LogP contribution in [0.25, 0.3) is 5.65 Å². The third-order valence-electron chi connectivity index (χ3n) is 4.96. The van der Waals surface area contributed by atoms with E-state index in [2.05, 4.69) is 14.8 Å². The minimum atomic E-state index is -3.63. The van der Waals surface area contributed by atoms with E-state index in [1.165, 1.54) is 37.7 Å². The Hall–Kier alpha value is -2.41. The molecule has 1 N–H and O–H groups in total. The highest BCUT2D eigenvalue weighted by molar-refractivity contribution is 7.92. The minimum absolute atomic E-state index is 0.270. The molecule has 0 spiro atoms. The van der Waals surface area contributed by atoms with Gasteiger partial charge in [-0.2, -0.15) is 5.10 Å². The molecule has 2 aromatic heterocycles. The molecule has 7 heteroatoms. The van der Waals surface area contributed by atoms with Gasteiger partial charge >= 0.3 is 0 Å². The van der Waals surface area contributed by atoms with Crippen LogP contribution in [0.4, 0.5) is 5.69 Å². The van der Waals surface area contributed by atoms with Crippen LogP contribution in [0.3, 0.4) is 0 Å². The van der Waals surface area contributed by atoms with Crippen molar-refractivity contribution >= 4 is 21.4 Å². The van der Waals surface area contributed by atoms with E-state index in [0.717, 1.165) is 0 Å². The summed E-state index contributed by atoms with van der Waals surface area (Å²) in [4.78, 5) is 4.51. The molecule has 0 aliphatic heterocycles. The number of fused-ring (bicyclic) bond motifs is 1. The lowest BCUT2D eigenvalue weighted by Gasteiger charge is -2.22. The molecule has 1 saturated carbocycles. The standard InChI is InChI=1S/C19H22N4O2S/c1-14-20-19-12-9-17(13-23(19)21-14)22-26(24,25)18-10-7-16(8-11-18)15-5-3-2-4-6-15/h7-13,15,22H,2-6H2,1H3. The predicted octanol–water partition coefficient (Wildman–Crippen LogP) is 3.89. The molecule has 1 aliphatic carbocycles. The molecule has 0 amide bonds. The van der Waals surface area contributed by atoms with E-state index in [4.69, 9.17) is 0 Å². The molecule has 6 nitrogen and oxygen atoms in total. The van der Waals surface area contributed by atoms with Crippen LogP contribution in [0.2, 0.25) is 0 Å². The van der Waals surface area contributed by atoms with Gasteiger partial charge in [-0.1, -0.05) is 31.4 Å². The maximum absolute atomic E-state index is 12.7. The number of anilines is 1. The van der Waals surface area contributed by atoms with Crippen LogP contribution in [0.15, 0.2) is 47.5 Å². The summed E-state index contributed by atoms with van der Waals surface area (Å²) in [5.74, 6) is 1.20. The average Bonchev–Trinajstić information content (AvgIpc) is 3.01. The molecule has 0 unspecified atom stereocenters. The summed E-state index contributed by atoms with van der Waals surface area (Å²) in [5, 5.41) is 4.21. The van der Waals surface area contributed by atoms with Crippen LogP contribution in [0.1, 0.15) is 49.4 Å². The number of benzene rings is 1. The quantitative estimate of drug-likeness (QED) is 0.756. The molecule has 0 bridgehead atoms. The molecule has 4 rings (SSSR count). The molecule has 2 heterocycles. The molecule has 1 aromatic carbocycles. The Morgan fingerprint density at radius 3 is 2.50 bits per heavy atom. The Bertz CT molecular complexity index is 1020. The van der Waals surface area contributed by atoms with E-state index in [-0.39, 0.29) is 4.90 Å². The molecule has 1 aliphatic rings. The fourth-order valence-electron chi connectivity index (χ4n) is 3.62. The summed E-state index contributed by atoms with van der Waals surface area (Å²) in [5.41, 5.74) is 2.38. The van der Waals surface area contributed by atoms with Gasteiger partial charge in [0.1, 0.15) is 5.82 Å². The van der Waals surface area contributed by atoms with Crippen LogP contribution in [0, 0.1) is 6.92 Å². The summed E-state index contributed by atoms with van der Waals surface area (Å²) in [6.07, 6.45) is 7.85. The molecular formula is C19H22N4O2S. The molecule has 0 radical (unpaired) electrons. The van der Waals surface area contributed by atoms with Crippen LogP contribution in [0.5, 0.6) is 0 Å². The van der Waals surface area contributed by atoms with Gasteiger partial charge in [0.2, 0.25) is 0 Å². The monoisotopic (exact) mass is 370 g/mol. The first-order valence-corrected chi connectivity index (χ1v) is 10.5. The first kappa shape index (κ1) is 17.0. The Balaban J connectivity index is 1.55. The zero-order chi connectivity index (χ0) is 18.1. The van der Waals surface area contributed by atoms with Crippen LogP contribution >= 0.6 is 0 Å². The van der Waals surface area contributed by atoms with Gasteiger partial charge in [-0.25, -0.2) is 17.9 Å². The van der Waals surface area contributed by atoms with Crippen LogP contribution in [-0.2, 0) is 10.0 Å². The summed E-state index contributed by atoms with van der Waals surface area (Å²) in [6, 6.07) is 10.7. The Kier molecular flexibility index (Phi) is 4.40. The topological polar surface area (TPSA) is 76.4 Å². The highest BCUT2D eigenvalue weighted by Gasteiger charge is 2.18. The minimum Gasteiger partial charge on any atom is -0.278 e. The van der Waals surface area contributed by atoms with Gasteiger partial charge in [-0.15, -0.1) is 0 Å². The zero-order valence-electron chi connectivity index (χ0n) is 14.7. The Morgan fingerprint density at radius 2 is 1.77 bits per heavy atom. The van der Waals surface area contributed by atoms with Crippen molar-refractivity contribution in [1.82, 2.24) is 14.6 Å². The van der Waals surface area contributed by atoms with Crippen molar-refractivity contribution in [3.8, 4) is 0 Å². The van der Waals surface area contributed by atoms with E-state index >= 15 is 0 Å². The Morgan fingerprint density at radius 1 is 1.04 bits per heavy atom. The highest BCUT2D eigenvalue weighted by Crippen LogP contribution is 2.33. The second-order valence-electron chi connectivity index (χ2n) is 6.89. The van der Waals surface area contributed by atoms with Gasteiger partial charge in [-0.05, 0) is 55.5 Å². The maximum Gasteiger partial charge on any atom is 0.261 e. The third kappa shape index (κ3) is 3.44. The van der Waals surface area contributed by atoms with E-state index in [9.17, 15) is 8.42 Å². The molecule has 3 aromatic rings. The van der Waals surface area contributed by atoms with E-state index in [1.54, 1.807) is 41.9 Å². The van der Waals surface area contributed by atoms with Crippen molar-refractivity contribution in [1.29, 1.82) is 0 Å². The largest absolute Gasteiger partial charge is 0.278 e. The number of aromatic nitrogens is 3. The number of nitrogens with zero attached hydrogens (tertiary/aromatic N) is 3. The number of aryl methyl sites for hydroxylation is 1. The van der Waals surface area contributed by atoms with Gasteiger partial charge in [0.15, 0.2) is 5.65 Å². The van der Waals surface area contributed by atoms with Crippen molar-refractivity contribution in [2.45, 2.75) is 49.8 Å². The summed E-state index contributed by atoms with van der Waals surface area (Å²) < 4.78 is 29.5. The van der Waals surface area contributed by atoms with Crippen molar-refractivity contribution in [3.05, 3.63) is 54.0 Å². The predicted molar refractivity (Wildman–Crippen MR) is 101 cm³/mol. The van der Waals surface area contributed by atoms with Crippen molar-refractivity contribution in [3.63, 3.8) is 0 Å². The van der Waals surface area contributed by atoms with E-state index in [0.29, 0.717) is 23.1 Å². The smallest absolute Gasteiger partial charge is 0.261 e. The number of hydrogen-bond acceptors (Lipinski definition) is 4. The number of hydrogen-bond donors (Lipinski definition) is 1. The maximum atomic E-state index is 12.7. The van der Waals surface area contributed by atoms with Gasteiger partial charge in [0.05, 0.1) is 16.8 Å². The van der Waals surface area contributed by atoms with E-state index < -0.39 is 10.0 Å². The first-order valence-electron chi connectivity index (χ1n) is 8.97. The summed E-state index contributed by atoms with van der Waals surface area (Å²) in [6.45, 7) is 1.80.